The van der Waals surface area contributed by atoms with Gasteiger partial charge in [0.1, 0.15) is 11.3 Å². The average molecular weight is 229 g/mol. The molecule has 2 aromatic rings. The lowest BCUT2D eigenvalue weighted by atomic mass is 9.95. The van der Waals surface area contributed by atoms with Gasteiger partial charge in [0.2, 0.25) is 5.89 Å². The van der Waals surface area contributed by atoms with Crippen LogP contribution in [0.2, 0.25) is 0 Å². The second kappa shape index (κ2) is 4.24. The van der Waals surface area contributed by atoms with Crippen LogP contribution in [0.5, 0.6) is 5.75 Å². The van der Waals surface area contributed by atoms with Crippen LogP contribution in [-0.4, -0.2) is 10.1 Å². The first kappa shape index (κ1) is 10.4. The Bertz CT molecular complexity index is 561. The average Bonchev–Trinajstić information content (AvgIpc) is 2.71. The number of allylic oxidation sites excluding steroid dienone is 1. The van der Waals surface area contributed by atoms with E-state index in [1.165, 1.54) is 24.8 Å². The second-order valence-corrected chi connectivity index (χ2v) is 4.57. The van der Waals surface area contributed by atoms with E-state index in [0.29, 0.717) is 11.4 Å². The molecular weight excluding hydrogens is 214 g/mol. The topological polar surface area (TPSA) is 46.3 Å². The van der Waals surface area contributed by atoms with E-state index in [1.54, 1.807) is 18.2 Å². The Balaban J connectivity index is 1.95. The minimum atomic E-state index is 0.225. The number of hydrogen-bond acceptors (Lipinski definition) is 3. The molecule has 0 bridgehead atoms. The van der Waals surface area contributed by atoms with E-state index in [9.17, 15) is 5.11 Å². The van der Waals surface area contributed by atoms with Gasteiger partial charge >= 0.3 is 0 Å². The quantitative estimate of drug-likeness (QED) is 0.807. The van der Waals surface area contributed by atoms with Crippen molar-refractivity contribution >= 4 is 17.2 Å². The first-order valence-corrected chi connectivity index (χ1v) is 6.10. The maximum atomic E-state index is 9.36. The summed E-state index contributed by atoms with van der Waals surface area (Å²) >= 11 is 0. The molecular formula is C14H15NO2. The van der Waals surface area contributed by atoms with Crippen LogP contribution in [0.25, 0.3) is 17.2 Å². The number of aromatic nitrogens is 1. The first-order chi connectivity index (χ1) is 8.31. The lowest BCUT2D eigenvalue weighted by Crippen LogP contribution is -1.93. The molecule has 0 unspecified atom stereocenters. The zero-order valence-electron chi connectivity index (χ0n) is 9.65. The van der Waals surface area contributed by atoms with Crippen molar-refractivity contribution in [2.45, 2.75) is 32.1 Å². The number of oxazole rings is 1. The van der Waals surface area contributed by atoms with E-state index in [-0.39, 0.29) is 5.75 Å². The molecule has 0 saturated heterocycles. The first-order valence-electron chi connectivity index (χ1n) is 6.10. The van der Waals surface area contributed by atoms with Crippen LogP contribution < -0.4 is 0 Å². The Morgan fingerprint density at radius 3 is 2.82 bits per heavy atom. The van der Waals surface area contributed by atoms with E-state index in [4.69, 9.17) is 4.42 Å². The van der Waals surface area contributed by atoms with E-state index < -0.39 is 0 Å². The molecule has 1 aromatic heterocycles. The minimum absolute atomic E-state index is 0.225. The summed E-state index contributed by atoms with van der Waals surface area (Å²) in [5.41, 5.74) is 2.87. The summed E-state index contributed by atoms with van der Waals surface area (Å²) in [6.45, 7) is 0. The maximum Gasteiger partial charge on any atom is 0.219 e. The van der Waals surface area contributed by atoms with Crippen LogP contribution >= 0.6 is 0 Å². The highest BCUT2D eigenvalue weighted by atomic mass is 16.3. The molecule has 17 heavy (non-hydrogen) atoms. The van der Waals surface area contributed by atoms with Gasteiger partial charge in [-0.1, -0.05) is 12.0 Å². The highest BCUT2D eigenvalue weighted by Gasteiger charge is 2.08. The Kier molecular flexibility index (Phi) is 2.59. The standard InChI is InChI=1S/C14H15NO2/c16-11-6-7-13-12(9-11)15-14(17-13)8-10-4-2-1-3-5-10/h6-9,16H,1-5H2. The van der Waals surface area contributed by atoms with Crippen LogP contribution in [0.15, 0.2) is 28.2 Å². The van der Waals surface area contributed by atoms with Crippen LogP contribution in [-0.2, 0) is 0 Å². The van der Waals surface area contributed by atoms with Gasteiger partial charge < -0.3 is 9.52 Å². The molecule has 1 fully saturated rings. The molecule has 1 saturated carbocycles. The molecule has 1 aliphatic carbocycles. The van der Waals surface area contributed by atoms with E-state index >= 15 is 0 Å². The molecule has 3 nitrogen and oxygen atoms in total. The lowest BCUT2D eigenvalue weighted by molar-refractivity contribution is 0.476. The van der Waals surface area contributed by atoms with Crippen LogP contribution in [0.3, 0.4) is 0 Å². The van der Waals surface area contributed by atoms with Crippen molar-refractivity contribution in [1.82, 2.24) is 4.98 Å². The summed E-state index contributed by atoms with van der Waals surface area (Å²) in [5, 5.41) is 9.36. The van der Waals surface area contributed by atoms with Gasteiger partial charge in [-0.25, -0.2) is 4.98 Å². The Morgan fingerprint density at radius 1 is 1.18 bits per heavy atom. The van der Waals surface area contributed by atoms with E-state index in [1.807, 2.05) is 0 Å². The summed E-state index contributed by atoms with van der Waals surface area (Å²) in [7, 11) is 0. The zero-order valence-corrected chi connectivity index (χ0v) is 9.65. The Morgan fingerprint density at radius 2 is 2.00 bits per heavy atom. The van der Waals surface area contributed by atoms with Crippen molar-refractivity contribution in [2.24, 2.45) is 0 Å². The molecule has 0 spiro atoms. The molecule has 1 aromatic carbocycles. The molecule has 0 radical (unpaired) electrons. The third kappa shape index (κ3) is 2.18. The van der Waals surface area contributed by atoms with E-state index in [0.717, 1.165) is 18.4 Å². The highest BCUT2D eigenvalue weighted by molar-refractivity contribution is 5.75. The summed E-state index contributed by atoms with van der Waals surface area (Å²) in [4.78, 5) is 4.36. The Labute approximate surface area is 99.8 Å². The SMILES string of the molecule is Oc1ccc2oc(C=C3CCCCC3)nc2c1. The van der Waals surface area contributed by atoms with Crippen LogP contribution in [0, 0.1) is 0 Å². The molecule has 1 heterocycles. The number of phenolic OH excluding ortho intramolecular Hbond substituents is 1. The number of aromatic hydroxyl groups is 1. The predicted octanol–water partition coefficient (Wildman–Crippen LogP) is 3.88. The van der Waals surface area contributed by atoms with Gasteiger partial charge in [0.05, 0.1) is 0 Å². The van der Waals surface area contributed by atoms with Crippen LogP contribution in [0.4, 0.5) is 0 Å². The molecule has 3 heteroatoms. The molecule has 0 atom stereocenters. The van der Waals surface area contributed by atoms with Crippen molar-refractivity contribution in [2.75, 3.05) is 0 Å². The maximum absolute atomic E-state index is 9.36. The molecule has 0 aliphatic heterocycles. The number of benzene rings is 1. The fourth-order valence-electron chi connectivity index (χ4n) is 2.32. The van der Waals surface area contributed by atoms with Crippen molar-refractivity contribution < 1.29 is 9.52 Å². The second-order valence-electron chi connectivity index (χ2n) is 4.57. The van der Waals surface area contributed by atoms with Crippen molar-refractivity contribution in [3.63, 3.8) is 0 Å². The fraction of sp³-hybridized carbons (Fsp3) is 0.357. The number of fused-ring (bicyclic) bond motifs is 1. The molecule has 0 amide bonds. The summed E-state index contributed by atoms with van der Waals surface area (Å²) in [5.74, 6) is 0.880. The third-order valence-electron chi connectivity index (χ3n) is 3.21. The largest absolute Gasteiger partial charge is 0.508 e. The summed E-state index contributed by atoms with van der Waals surface area (Å²) in [6, 6.07) is 4.99. The van der Waals surface area contributed by atoms with Gasteiger partial charge in [0.15, 0.2) is 5.58 Å². The molecule has 88 valence electrons. The molecule has 3 rings (SSSR count). The molecule has 1 N–H and O–H groups in total. The van der Waals surface area contributed by atoms with Crippen LogP contribution in [0.1, 0.15) is 38.0 Å². The lowest BCUT2D eigenvalue weighted by Gasteiger charge is -2.12. The predicted molar refractivity (Wildman–Crippen MR) is 66.7 cm³/mol. The van der Waals surface area contributed by atoms with Gasteiger partial charge in [-0.2, -0.15) is 0 Å². The summed E-state index contributed by atoms with van der Waals surface area (Å²) < 4.78 is 5.63. The number of nitrogens with zero attached hydrogens (tertiary/aromatic N) is 1. The molecule has 1 aliphatic rings. The fourth-order valence-corrected chi connectivity index (χ4v) is 2.32. The normalized spacial score (nSPS) is 16.4. The van der Waals surface area contributed by atoms with Crippen molar-refractivity contribution in [3.8, 4) is 5.75 Å². The smallest absolute Gasteiger partial charge is 0.219 e. The minimum Gasteiger partial charge on any atom is -0.508 e. The summed E-state index contributed by atoms with van der Waals surface area (Å²) in [6.07, 6.45) is 8.24. The zero-order chi connectivity index (χ0) is 11.7. The van der Waals surface area contributed by atoms with Gasteiger partial charge in [-0.15, -0.1) is 0 Å². The van der Waals surface area contributed by atoms with Gasteiger partial charge in [0.25, 0.3) is 0 Å². The highest BCUT2D eigenvalue weighted by Crippen LogP contribution is 2.26. The number of hydrogen-bond donors (Lipinski definition) is 1. The monoisotopic (exact) mass is 229 g/mol. The third-order valence-corrected chi connectivity index (χ3v) is 3.21. The van der Waals surface area contributed by atoms with Gasteiger partial charge in [0, 0.05) is 6.07 Å². The Hall–Kier alpha value is -1.77. The van der Waals surface area contributed by atoms with Gasteiger partial charge in [-0.05, 0) is 43.9 Å². The van der Waals surface area contributed by atoms with Crippen molar-refractivity contribution in [1.29, 1.82) is 0 Å². The van der Waals surface area contributed by atoms with Gasteiger partial charge in [-0.3, -0.25) is 0 Å². The number of phenols is 1. The van der Waals surface area contributed by atoms with Crippen molar-refractivity contribution in [3.05, 3.63) is 29.7 Å². The van der Waals surface area contributed by atoms with E-state index in [2.05, 4.69) is 11.1 Å². The number of rotatable bonds is 1.